The quantitative estimate of drug-likeness (QED) is 0.701. The summed E-state index contributed by atoms with van der Waals surface area (Å²) in [5.74, 6) is -1.08. The zero-order valence-corrected chi connectivity index (χ0v) is 9.58. The molecule has 0 fully saturated rings. The molecular formula is C11H13ClN2O2. The fraction of sp³-hybridized carbons (Fsp3) is 0.182. The second kappa shape index (κ2) is 5.42. The molecule has 1 rings (SSSR count). The molecule has 86 valence electrons. The molecule has 0 unspecified atom stereocenters. The smallest absolute Gasteiger partial charge is 0.353 e. The molecule has 0 aliphatic rings. The summed E-state index contributed by atoms with van der Waals surface area (Å²) in [6.45, 7) is 1.86. The minimum Gasteiger partial charge on any atom is -0.477 e. The molecule has 4 nitrogen and oxygen atoms in total. The van der Waals surface area contributed by atoms with Crippen molar-refractivity contribution in [2.75, 3.05) is 0 Å². The predicted octanol–water partition coefficient (Wildman–Crippen LogP) is 1.70. The molecule has 1 aromatic rings. The third-order valence-electron chi connectivity index (χ3n) is 2.02. The summed E-state index contributed by atoms with van der Waals surface area (Å²) in [5, 5.41) is 12.2. The van der Waals surface area contributed by atoms with E-state index >= 15 is 0 Å². The van der Waals surface area contributed by atoms with Crippen LogP contribution in [0.25, 0.3) is 0 Å². The number of nitrogens with two attached hydrogens (primary N) is 1. The minimum atomic E-state index is -1.08. The van der Waals surface area contributed by atoms with Crippen molar-refractivity contribution >= 4 is 17.6 Å². The zero-order chi connectivity index (χ0) is 12.1. The van der Waals surface area contributed by atoms with Crippen molar-refractivity contribution in [1.82, 2.24) is 5.32 Å². The van der Waals surface area contributed by atoms with Crippen LogP contribution < -0.4 is 11.1 Å². The first kappa shape index (κ1) is 12.4. The lowest BCUT2D eigenvalue weighted by atomic mass is 10.2. The number of hydrogen-bond acceptors (Lipinski definition) is 3. The number of carboxylic acids is 1. The number of halogens is 1. The van der Waals surface area contributed by atoms with Gasteiger partial charge in [-0.1, -0.05) is 29.8 Å². The first-order valence-electron chi connectivity index (χ1n) is 4.69. The molecule has 0 aliphatic heterocycles. The van der Waals surface area contributed by atoms with Crippen molar-refractivity contribution in [3.8, 4) is 0 Å². The fourth-order valence-corrected chi connectivity index (χ4v) is 1.41. The maximum absolute atomic E-state index is 10.8. The van der Waals surface area contributed by atoms with Crippen LogP contribution in [0.2, 0.25) is 5.02 Å². The van der Waals surface area contributed by atoms with Gasteiger partial charge in [0.25, 0.3) is 0 Å². The topological polar surface area (TPSA) is 75.3 Å². The molecule has 0 spiro atoms. The summed E-state index contributed by atoms with van der Waals surface area (Å²) >= 11 is 5.93. The third-order valence-corrected chi connectivity index (χ3v) is 2.39. The Balaban J connectivity index is 2.75. The van der Waals surface area contributed by atoms with Gasteiger partial charge in [-0.3, -0.25) is 0 Å². The Morgan fingerprint density at radius 1 is 1.50 bits per heavy atom. The summed E-state index contributed by atoms with van der Waals surface area (Å²) in [7, 11) is 0. The highest BCUT2D eigenvalue weighted by atomic mass is 35.5. The van der Waals surface area contributed by atoms with Crippen molar-refractivity contribution in [1.29, 1.82) is 0 Å². The van der Waals surface area contributed by atoms with Gasteiger partial charge >= 0.3 is 5.97 Å². The van der Waals surface area contributed by atoms with Crippen molar-refractivity contribution in [3.63, 3.8) is 0 Å². The molecule has 0 radical (unpaired) electrons. The molecular weight excluding hydrogens is 228 g/mol. The van der Waals surface area contributed by atoms with Gasteiger partial charge in [0.15, 0.2) is 0 Å². The second-order valence-electron chi connectivity index (χ2n) is 3.31. The van der Waals surface area contributed by atoms with E-state index in [4.69, 9.17) is 22.4 Å². The summed E-state index contributed by atoms with van der Waals surface area (Å²) in [6, 6.07) is 7.22. The standard InChI is InChI=1S/C11H13ClN2O2/c1-7(13)10(11(15)16)14-6-8-4-2-3-5-9(8)12/h2-5,14H,6,13H2,1H3,(H,15,16)/b10-7-. The third kappa shape index (κ3) is 3.17. The van der Waals surface area contributed by atoms with Gasteiger partial charge < -0.3 is 16.2 Å². The number of hydrogen-bond donors (Lipinski definition) is 3. The Morgan fingerprint density at radius 3 is 2.62 bits per heavy atom. The molecule has 5 heteroatoms. The minimum absolute atomic E-state index is 0.0000743. The molecule has 0 bridgehead atoms. The number of rotatable bonds is 4. The molecule has 16 heavy (non-hydrogen) atoms. The van der Waals surface area contributed by atoms with Crippen molar-refractivity contribution in [3.05, 3.63) is 46.2 Å². The van der Waals surface area contributed by atoms with E-state index in [-0.39, 0.29) is 11.4 Å². The van der Waals surface area contributed by atoms with Crippen LogP contribution in [0.3, 0.4) is 0 Å². The highest BCUT2D eigenvalue weighted by Crippen LogP contribution is 2.14. The number of benzene rings is 1. The van der Waals surface area contributed by atoms with Gasteiger partial charge in [-0.2, -0.15) is 0 Å². The van der Waals surface area contributed by atoms with Crippen LogP contribution in [0.1, 0.15) is 12.5 Å². The van der Waals surface area contributed by atoms with E-state index in [2.05, 4.69) is 5.32 Å². The largest absolute Gasteiger partial charge is 0.477 e. The van der Waals surface area contributed by atoms with Crippen LogP contribution in [0.5, 0.6) is 0 Å². The Labute approximate surface area is 98.7 Å². The molecule has 0 atom stereocenters. The lowest BCUT2D eigenvalue weighted by Crippen LogP contribution is -2.23. The average Bonchev–Trinajstić information content (AvgIpc) is 2.20. The number of aliphatic carboxylic acids is 1. The SMILES string of the molecule is C/C(N)=C(/NCc1ccccc1Cl)C(=O)O. The molecule has 0 saturated carbocycles. The number of carbonyl (C=O) groups is 1. The molecule has 0 aliphatic carbocycles. The maximum Gasteiger partial charge on any atom is 0.353 e. The van der Waals surface area contributed by atoms with Crippen LogP contribution in [0.15, 0.2) is 35.7 Å². The predicted molar refractivity (Wildman–Crippen MR) is 62.8 cm³/mol. The Kier molecular flexibility index (Phi) is 4.19. The van der Waals surface area contributed by atoms with E-state index in [1.807, 2.05) is 18.2 Å². The highest BCUT2D eigenvalue weighted by molar-refractivity contribution is 6.31. The molecule has 4 N–H and O–H groups in total. The van der Waals surface area contributed by atoms with E-state index in [9.17, 15) is 4.79 Å². The molecule has 1 aromatic carbocycles. The van der Waals surface area contributed by atoms with Crippen LogP contribution >= 0.6 is 11.6 Å². The normalized spacial score (nSPS) is 11.9. The van der Waals surface area contributed by atoms with Gasteiger partial charge in [0.2, 0.25) is 0 Å². The van der Waals surface area contributed by atoms with Crippen molar-refractivity contribution < 1.29 is 9.90 Å². The van der Waals surface area contributed by atoms with E-state index in [0.29, 0.717) is 11.6 Å². The Bertz CT molecular complexity index is 426. The van der Waals surface area contributed by atoms with Crippen LogP contribution in [0, 0.1) is 0 Å². The summed E-state index contributed by atoms with van der Waals surface area (Å²) in [4.78, 5) is 10.8. The van der Waals surface area contributed by atoms with E-state index in [1.54, 1.807) is 6.07 Å². The van der Waals surface area contributed by atoms with Gasteiger partial charge in [-0.25, -0.2) is 4.79 Å². The lowest BCUT2D eigenvalue weighted by Gasteiger charge is -2.09. The molecule has 0 aromatic heterocycles. The van der Waals surface area contributed by atoms with Gasteiger partial charge in [-0.05, 0) is 18.6 Å². The lowest BCUT2D eigenvalue weighted by molar-refractivity contribution is -0.133. The summed E-state index contributed by atoms with van der Waals surface area (Å²) < 4.78 is 0. The molecule has 0 heterocycles. The summed E-state index contributed by atoms with van der Waals surface area (Å²) in [5.41, 5.74) is 6.50. The average molecular weight is 241 g/mol. The zero-order valence-electron chi connectivity index (χ0n) is 8.83. The van der Waals surface area contributed by atoms with Gasteiger partial charge in [0.05, 0.1) is 0 Å². The van der Waals surface area contributed by atoms with Crippen molar-refractivity contribution in [2.45, 2.75) is 13.5 Å². The first-order chi connectivity index (χ1) is 7.52. The Morgan fingerprint density at radius 2 is 2.12 bits per heavy atom. The monoisotopic (exact) mass is 240 g/mol. The highest BCUT2D eigenvalue weighted by Gasteiger charge is 2.09. The van der Waals surface area contributed by atoms with Gasteiger partial charge in [-0.15, -0.1) is 0 Å². The van der Waals surface area contributed by atoms with E-state index in [1.165, 1.54) is 6.92 Å². The van der Waals surface area contributed by atoms with Crippen LogP contribution in [0.4, 0.5) is 0 Å². The van der Waals surface area contributed by atoms with Crippen LogP contribution in [-0.2, 0) is 11.3 Å². The first-order valence-corrected chi connectivity index (χ1v) is 5.07. The fourth-order valence-electron chi connectivity index (χ4n) is 1.21. The van der Waals surface area contributed by atoms with Gasteiger partial charge in [0.1, 0.15) is 5.70 Å². The Hall–Kier alpha value is -1.68. The van der Waals surface area contributed by atoms with Crippen molar-refractivity contribution in [2.24, 2.45) is 5.73 Å². The second-order valence-corrected chi connectivity index (χ2v) is 3.72. The number of nitrogens with one attached hydrogen (secondary N) is 1. The summed E-state index contributed by atoms with van der Waals surface area (Å²) in [6.07, 6.45) is 0. The molecule has 0 saturated heterocycles. The van der Waals surface area contributed by atoms with Gasteiger partial charge in [0, 0.05) is 17.3 Å². The van der Waals surface area contributed by atoms with E-state index < -0.39 is 5.97 Å². The van der Waals surface area contributed by atoms with Crippen LogP contribution in [-0.4, -0.2) is 11.1 Å². The number of allylic oxidation sites excluding steroid dienone is 1. The molecule has 0 amide bonds. The van der Waals surface area contributed by atoms with E-state index in [0.717, 1.165) is 5.56 Å². The number of carboxylic acid groups (broad SMARTS) is 1. The maximum atomic E-state index is 10.8.